The standard InChI is InChI=1S/C44H73O4P/c1-36(2)19-11-20-37(3)21-12-22-38(4)23-13-24-39(5)25-14-26-40(6)27-15-28-41(7)29-16-30-42(8)31-17-32-43(9)33-18-34-44(10)35-48-49(45,46)47/h19,21,23,25,27,29,31,33,35H,11-18,20,22,24,26,28,30,32,34H2,1-10H3,(H2,45,46,47)/b37-21+,38-23+,39-25+,40-27+,41-29+,42-31+,43-33+,44-35+. The molecule has 0 aliphatic heterocycles. The number of phosphoric ester groups is 1. The molecule has 5 heteroatoms. The third-order valence-electron chi connectivity index (χ3n) is 8.70. The normalized spacial score (nSPS) is 14.9. The van der Waals surface area contributed by atoms with Gasteiger partial charge in [0.1, 0.15) is 0 Å². The second-order valence-electron chi connectivity index (χ2n) is 14.5. The number of hydrogen-bond donors (Lipinski definition) is 2. The quantitative estimate of drug-likeness (QED) is 0.0537. The number of allylic oxidation sites excluding steroid dienone is 17. The average molecular weight is 697 g/mol. The van der Waals surface area contributed by atoms with Crippen LogP contribution in [-0.4, -0.2) is 9.79 Å². The molecule has 2 N–H and O–H groups in total. The molecule has 0 aliphatic rings. The summed E-state index contributed by atoms with van der Waals surface area (Å²) >= 11 is 0. The maximum absolute atomic E-state index is 10.8. The van der Waals surface area contributed by atoms with Crippen LogP contribution in [0.3, 0.4) is 0 Å². The van der Waals surface area contributed by atoms with Crippen LogP contribution in [0.25, 0.3) is 0 Å². The van der Waals surface area contributed by atoms with E-state index in [-0.39, 0.29) is 0 Å². The van der Waals surface area contributed by atoms with Crippen LogP contribution in [0.5, 0.6) is 0 Å². The molecule has 0 unspecified atom stereocenters. The van der Waals surface area contributed by atoms with Crippen LogP contribution < -0.4 is 0 Å². The molecule has 0 radical (unpaired) electrons. The van der Waals surface area contributed by atoms with Crippen molar-refractivity contribution in [3.8, 4) is 0 Å². The fourth-order valence-electron chi connectivity index (χ4n) is 5.34. The van der Waals surface area contributed by atoms with Crippen LogP contribution in [0.2, 0.25) is 0 Å². The maximum Gasteiger partial charge on any atom is 0.524 e. The first-order valence-electron chi connectivity index (χ1n) is 18.7. The van der Waals surface area contributed by atoms with E-state index >= 15 is 0 Å². The van der Waals surface area contributed by atoms with Gasteiger partial charge in [0.2, 0.25) is 0 Å². The summed E-state index contributed by atoms with van der Waals surface area (Å²) in [5.74, 6) is 0. The van der Waals surface area contributed by atoms with Crippen LogP contribution in [-0.2, 0) is 9.09 Å². The van der Waals surface area contributed by atoms with E-state index in [0.29, 0.717) is 0 Å². The fourth-order valence-corrected chi connectivity index (χ4v) is 5.66. The highest BCUT2D eigenvalue weighted by molar-refractivity contribution is 7.46. The lowest BCUT2D eigenvalue weighted by Crippen LogP contribution is -1.84. The summed E-state index contributed by atoms with van der Waals surface area (Å²) < 4.78 is 15.2. The predicted molar refractivity (Wildman–Crippen MR) is 216 cm³/mol. The van der Waals surface area contributed by atoms with Gasteiger partial charge in [0, 0.05) is 0 Å². The molecule has 0 rings (SSSR count). The Bertz CT molecular complexity index is 1270. The number of hydrogen-bond acceptors (Lipinski definition) is 2. The van der Waals surface area contributed by atoms with E-state index < -0.39 is 7.82 Å². The van der Waals surface area contributed by atoms with Crippen molar-refractivity contribution in [3.63, 3.8) is 0 Å². The molecule has 0 aromatic rings. The van der Waals surface area contributed by atoms with Crippen molar-refractivity contribution in [2.75, 3.05) is 0 Å². The van der Waals surface area contributed by atoms with Crippen LogP contribution in [0.15, 0.2) is 105 Å². The van der Waals surface area contributed by atoms with Gasteiger partial charge in [-0.25, -0.2) is 4.57 Å². The first-order valence-corrected chi connectivity index (χ1v) is 20.2. The third-order valence-corrected chi connectivity index (χ3v) is 9.08. The zero-order valence-electron chi connectivity index (χ0n) is 33.2. The zero-order chi connectivity index (χ0) is 37.1. The SMILES string of the molecule is CC(C)=CCC/C(C)=C/CC/C(C)=C/CC/C(C)=C/CC/C(C)=C/CC/C(C)=C/CC/C(C)=C/CC/C(C)=C/CC/C(C)=C/OP(=O)(O)O. The van der Waals surface area contributed by atoms with Gasteiger partial charge in [-0.05, 0) is 178 Å². The summed E-state index contributed by atoms with van der Waals surface area (Å²) in [7, 11) is -4.44. The lowest BCUT2D eigenvalue weighted by atomic mass is 10.0. The van der Waals surface area contributed by atoms with Gasteiger partial charge < -0.3 is 4.52 Å². The topological polar surface area (TPSA) is 66.8 Å². The Hall–Kier alpha value is -2.39. The minimum Gasteiger partial charge on any atom is -0.412 e. The van der Waals surface area contributed by atoms with E-state index in [0.717, 1.165) is 95.5 Å². The van der Waals surface area contributed by atoms with E-state index in [1.807, 2.05) is 6.92 Å². The number of phosphoric acid groups is 1. The molecule has 0 bridgehead atoms. The Morgan fingerprint density at radius 3 is 0.796 bits per heavy atom. The van der Waals surface area contributed by atoms with Gasteiger partial charge in [-0.15, -0.1) is 0 Å². The molecule has 0 saturated carbocycles. The Labute approximate surface area is 302 Å². The summed E-state index contributed by atoms with van der Waals surface area (Å²) in [6.07, 6.45) is 37.5. The molecule has 0 atom stereocenters. The van der Waals surface area contributed by atoms with Crippen molar-refractivity contribution in [1.82, 2.24) is 0 Å². The zero-order valence-corrected chi connectivity index (χ0v) is 34.1. The highest BCUT2D eigenvalue weighted by atomic mass is 31.2. The van der Waals surface area contributed by atoms with Gasteiger partial charge in [0.25, 0.3) is 0 Å². The molecular weight excluding hydrogens is 623 g/mol. The Morgan fingerprint density at radius 2 is 0.592 bits per heavy atom. The largest absolute Gasteiger partial charge is 0.524 e. The molecule has 0 fully saturated rings. The van der Waals surface area contributed by atoms with E-state index in [1.54, 1.807) is 0 Å². The van der Waals surface area contributed by atoms with Gasteiger partial charge in [0.15, 0.2) is 0 Å². The molecule has 0 amide bonds. The molecule has 0 aromatic heterocycles. The minimum absolute atomic E-state index is 0.721. The van der Waals surface area contributed by atoms with Crippen LogP contribution >= 0.6 is 7.82 Å². The number of rotatable bonds is 26. The van der Waals surface area contributed by atoms with E-state index in [9.17, 15) is 4.57 Å². The monoisotopic (exact) mass is 697 g/mol. The maximum atomic E-state index is 10.8. The first kappa shape index (κ1) is 46.6. The molecule has 0 aromatic carbocycles. The van der Waals surface area contributed by atoms with Gasteiger partial charge in [0.05, 0.1) is 6.26 Å². The summed E-state index contributed by atoms with van der Waals surface area (Å²) in [6, 6.07) is 0. The summed E-state index contributed by atoms with van der Waals surface area (Å²) in [5.41, 5.74) is 12.5. The molecule has 0 saturated heterocycles. The van der Waals surface area contributed by atoms with Crippen molar-refractivity contribution >= 4 is 7.82 Å². The molecule has 0 spiro atoms. The summed E-state index contributed by atoms with van der Waals surface area (Å²) in [5, 5.41) is 0. The van der Waals surface area contributed by atoms with Crippen molar-refractivity contribution in [3.05, 3.63) is 105 Å². The van der Waals surface area contributed by atoms with Gasteiger partial charge in [-0.3, -0.25) is 9.79 Å². The molecule has 278 valence electrons. The predicted octanol–water partition coefficient (Wildman–Crippen LogP) is 14.8. The van der Waals surface area contributed by atoms with Crippen LogP contribution in [0, 0.1) is 0 Å². The Balaban J connectivity index is 4.25. The van der Waals surface area contributed by atoms with Crippen molar-refractivity contribution in [1.29, 1.82) is 0 Å². The summed E-state index contributed by atoms with van der Waals surface area (Å²) in [4.78, 5) is 17.5. The summed E-state index contributed by atoms with van der Waals surface area (Å²) in [6.45, 7) is 21.9. The average Bonchev–Trinajstić information content (AvgIpc) is 2.99. The first-order chi connectivity index (χ1) is 23.1. The van der Waals surface area contributed by atoms with Gasteiger partial charge >= 0.3 is 7.82 Å². The highest BCUT2D eigenvalue weighted by Crippen LogP contribution is 2.36. The fraction of sp³-hybridized carbons (Fsp3) is 0.591. The third kappa shape index (κ3) is 32.6. The smallest absolute Gasteiger partial charge is 0.412 e. The van der Waals surface area contributed by atoms with Gasteiger partial charge in [-0.2, -0.15) is 0 Å². The highest BCUT2D eigenvalue weighted by Gasteiger charge is 2.11. The molecular formula is C44H73O4P. The van der Waals surface area contributed by atoms with Crippen LogP contribution in [0.1, 0.15) is 172 Å². The lowest BCUT2D eigenvalue weighted by molar-refractivity contribution is 0.257. The second kappa shape index (κ2) is 28.3. The van der Waals surface area contributed by atoms with Gasteiger partial charge in [-0.1, -0.05) is 93.2 Å². The van der Waals surface area contributed by atoms with E-state index in [1.165, 1.54) is 63.7 Å². The molecule has 0 heterocycles. The van der Waals surface area contributed by atoms with Crippen molar-refractivity contribution < 1.29 is 18.9 Å². The molecule has 49 heavy (non-hydrogen) atoms. The van der Waals surface area contributed by atoms with E-state index in [2.05, 4.69) is 115 Å². The Kier molecular flexibility index (Phi) is 26.9. The van der Waals surface area contributed by atoms with E-state index in [4.69, 9.17) is 9.79 Å². The second-order valence-corrected chi connectivity index (χ2v) is 15.7. The van der Waals surface area contributed by atoms with Crippen molar-refractivity contribution in [2.24, 2.45) is 0 Å². The van der Waals surface area contributed by atoms with Crippen molar-refractivity contribution in [2.45, 2.75) is 172 Å². The Morgan fingerprint density at radius 1 is 0.388 bits per heavy atom. The lowest BCUT2D eigenvalue weighted by Gasteiger charge is -2.05. The minimum atomic E-state index is -4.44. The molecule has 4 nitrogen and oxygen atoms in total. The van der Waals surface area contributed by atoms with Crippen LogP contribution in [0.4, 0.5) is 0 Å². The molecule has 0 aliphatic carbocycles.